The molecule has 1 amide bonds. The number of nitrogens with one attached hydrogen (secondary N) is 1. The van der Waals surface area contributed by atoms with Gasteiger partial charge in [-0.3, -0.25) is 9.78 Å². The topological polar surface area (TPSA) is 65.8 Å². The van der Waals surface area contributed by atoms with Crippen LogP contribution in [0.15, 0.2) is 48.3 Å². The van der Waals surface area contributed by atoms with Gasteiger partial charge in [-0.2, -0.15) is 5.26 Å². The molecule has 1 heterocycles. The predicted molar refractivity (Wildman–Crippen MR) is 86.1 cm³/mol. The normalized spacial score (nSPS) is 10.9. The molecule has 0 atom stereocenters. The Balaban J connectivity index is 2.16. The Morgan fingerprint density at radius 3 is 2.59 bits per heavy atom. The van der Waals surface area contributed by atoms with Crippen LogP contribution in [-0.4, -0.2) is 10.9 Å². The van der Waals surface area contributed by atoms with Crippen molar-refractivity contribution < 1.29 is 4.79 Å². The summed E-state index contributed by atoms with van der Waals surface area (Å²) in [5.74, 6) is -0.498. The lowest BCUT2D eigenvalue weighted by atomic mass is 10.1. The Labute approximate surface area is 138 Å². The standard InChI is InChI=1S/C16H11Cl2N3O/c17-14-4-1-5-15(18)13(14)7-12(8-19)16(22)21-10-11-3-2-6-20-9-11/h1-7,9H,10H2,(H,21,22). The number of aromatic nitrogens is 1. The van der Waals surface area contributed by atoms with Crippen molar-refractivity contribution in [3.63, 3.8) is 0 Å². The maximum atomic E-state index is 12.1. The minimum Gasteiger partial charge on any atom is -0.347 e. The van der Waals surface area contributed by atoms with Gasteiger partial charge in [-0.1, -0.05) is 35.3 Å². The minimum atomic E-state index is -0.498. The predicted octanol–water partition coefficient (Wildman–Crippen LogP) is 3.61. The van der Waals surface area contributed by atoms with Gasteiger partial charge >= 0.3 is 0 Å². The summed E-state index contributed by atoms with van der Waals surface area (Å²) in [7, 11) is 0. The number of hydrogen-bond acceptors (Lipinski definition) is 3. The van der Waals surface area contributed by atoms with E-state index in [4.69, 9.17) is 28.5 Å². The molecule has 0 bridgehead atoms. The summed E-state index contributed by atoms with van der Waals surface area (Å²) in [4.78, 5) is 16.0. The third kappa shape index (κ3) is 4.08. The zero-order valence-corrected chi connectivity index (χ0v) is 12.9. The van der Waals surface area contributed by atoms with Crippen LogP contribution in [-0.2, 0) is 11.3 Å². The third-order valence-corrected chi connectivity index (χ3v) is 3.49. The molecule has 0 aliphatic carbocycles. The molecule has 0 aliphatic heterocycles. The highest BCUT2D eigenvalue weighted by Crippen LogP contribution is 2.26. The van der Waals surface area contributed by atoms with Gasteiger partial charge in [-0.05, 0) is 29.8 Å². The number of carbonyl (C=O) groups excluding carboxylic acids is 1. The summed E-state index contributed by atoms with van der Waals surface area (Å²) in [5, 5.41) is 12.6. The molecule has 0 spiro atoms. The zero-order valence-electron chi connectivity index (χ0n) is 11.4. The fourth-order valence-electron chi connectivity index (χ4n) is 1.72. The summed E-state index contributed by atoms with van der Waals surface area (Å²) in [6, 6.07) is 10.4. The highest BCUT2D eigenvalue weighted by molar-refractivity contribution is 6.37. The SMILES string of the molecule is N#CC(=Cc1c(Cl)cccc1Cl)C(=O)NCc1cccnc1. The lowest BCUT2D eigenvalue weighted by Gasteiger charge is -2.05. The molecule has 1 aromatic carbocycles. The minimum absolute atomic E-state index is 0.0705. The molecular weight excluding hydrogens is 321 g/mol. The number of nitrogens with zero attached hydrogens (tertiary/aromatic N) is 2. The lowest BCUT2D eigenvalue weighted by Crippen LogP contribution is -2.24. The Morgan fingerprint density at radius 1 is 1.27 bits per heavy atom. The number of halogens is 2. The molecular formula is C16H11Cl2N3O. The first-order chi connectivity index (χ1) is 10.6. The van der Waals surface area contributed by atoms with Gasteiger partial charge in [0, 0.05) is 34.5 Å². The molecule has 1 N–H and O–H groups in total. The van der Waals surface area contributed by atoms with Crippen molar-refractivity contribution in [2.45, 2.75) is 6.54 Å². The van der Waals surface area contributed by atoms with Crippen LogP contribution in [0.5, 0.6) is 0 Å². The van der Waals surface area contributed by atoms with Crippen LogP contribution in [0.3, 0.4) is 0 Å². The van der Waals surface area contributed by atoms with Gasteiger partial charge in [-0.25, -0.2) is 0 Å². The molecule has 0 unspecified atom stereocenters. The Hall–Kier alpha value is -2.35. The Kier molecular flexibility index (Phi) is 5.54. The zero-order chi connectivity index (χ0) is 15.9. The van der Waals surface area contributed by atoms with E-state index in [1.807, 2.05) is 12.1 Å². The second-order valence-corrected chi connectivity index (χ2v) is 5.16. The van der Waals surface area contributed by atoms with E-state index in [9.17, 15) is 4.79 Å². The first kappa shape index (κ1) is 16.0. The van der Waals surface area contributed by atoms with E-state index in [0.717, 1.165) is 5.56 Å². The van der Waals surface area contributed by atoms with E-state index in [1.165, 1.54) is 6.08 Å². The Bertz CT molecular complexity index is 731. The second-order valence-electron chi connectivity index (χ2n) is 4.35. The Morgan fingerprint density at radius 2 is 2.00 bits per heavy atom. The van der Waals surface area contributed by atoms with Crippen molar-refractivity contribution in [3.05, 3.63) is 69.5 Å². The summed E-state index contributed by atoms with van der Waals surface area (Å²) < 4.78 is 0. The van der Waals surface area contributed by atoms with Gasteiger partial charge in [0.25, 0.3) is 5.91 Å². The van der Waals surface area contributed by atoms with E-state index in [0.29, 0.717) is 15.6 Å². The average molecular weight is 332 g/mol. The number of hydrogen-bond donors (Lipinski definition) is 1. The van der Waals surface area contributed by atoms with E-state index < -0.39 is 5.91 Å². The van der Waals surface area contributed by atoms with Crippen LogP contribution in [0.4, 0.5) is 0 Å². The van der Waals surface area contributed by atoms with Crippen LogP contribution in [0.1, 0.15) is 11.1 Å². The second kappa shape index (κ2) is 7.60. The van der Waals surface area contributed by atoms with Gasteiger partial charge in [0.15, 0.2) is 0 Å². The van der Waals surface area contributed by atoms with Gasteiger partial charge in [-0.15, -0.1) is 0 Å². The maximum absolute atomic E-state index is 12.1. The van der Waals surface area contributed by atoms with Crippen molar-refractivity contribution >= 4 is 35.2 Å². The van der Waals surface area contributed by atoms with E-state index in [2.05, 4.69) is 10.3 Å². The van der Waals surface area contributed by atoms with Gasteiger partial charge in [0.2, 0.25) is 0 Å². The van der Waals surface area contributed by atoms with Crippen LogP contribution in [0, 0.1) is 11.3 Å². The highest BCUT2D eigenvalue weighted by Gasteiger charge is 2.11. The van der Waals surface area contributed by atoms with Crippen molar-refractivity contribution in [3.8, 4) is 6.07 Å². The monoisotopic (exact) mass is 331 g/mol. The number of pyridine rings is 1. The molecule has 0 fully saturated rings. The smallest absolute Gasteiger partial charge is 0.262 e. The summed E-state index contributed by atoms with van der Waals surface area (Å²) in [6.45, 7) is 0.280. The number of benzene rings is 1. The molecule has 0 saturated heterocycles. The van der Waals surface area contributed by atoms with Crippen molar-refractivity contribution in [2.24, 2.45) is 0 Å². The average Bonchev–Trinajstić information content (AvgIpc) is 2.53. The largest absolute Gasteiger partial charge is 0.347 e. The van der Waals surface area contributed by atoms with Crippen LogP contribution in [0.25, 0.3) is 6.08 Å². The molecule has 0 radical (unpaired) electrons. The molecule has 0 aliphatic rings. The molecule has 2 aromatic rings. The van der Waals surface area contributed by atoms with Gasteiger partial charge in [0.1, 0.15) is 11.6 Å². The van der Waals surface area contributed by atoms with Crippen LogP contribution in [0.2, 0.25) is 10.0 Å². The quantitative estimate of drug-likeness (QED) is 0.687. The first-order valence-corrected chi connectivity index (χ1v) is 7.10. The van der Waals surface area contributed by atoms with Crippen molar-refractivity contribution in [1.82, 2.24) is 10.3 Å². The molecule has 2 rings (SSSR count). The number of amides is 1. The maximum Gasteiger partial charge on any atom is 0.262 e. The fraction of sp³-hybridized carbons (Fsp3) is 0.0625. The molecule has 110 valence electrons. The summed E-state index contributed by atoms with van der Waals surface area (Å²) in [6.07, 6.45) is 4.66. The first-order valence-electron chi connectivity index (χ1n) is 6.34. The van der Waals surface area contributed by atoms with Gasteiger partial charge < -0.3 is 5.32 Å². The van der Waals surface area contributed by atoms with E-state index in [1.54, 1.807) is 36.7 Å². The van der Waals surface area contributed by atoms with Crippen molar-refractivity contribution in [1.29, 1.82) is 5.26 Å². The number of rotatable bonds is 4. The molecule has 0 saturated carbocycles. The van der Waals surface area contributed by atoms with Crippen LogP contribution < -0.4 is 5.32 Å². The van der Waals surface area contributed by atoms with Gasteiger partial charge in [0.05, 0.1) is 0 Å². The molecule has 4 nitrogen and oxygen atoms in total. The molecule has 1 aromatic heterocycles. The number of carbonyl (C=O) groups is 1. The number of nitriles is 1. The van der Waals surface area contributed by atoms with Crippen LogP contribution >= 0.6 is 23.2 Å². The highest BCUT2D eigenvalue weighted by atomic mass is 35.5. The van der Waals surface area contributed by atoms with E-state index >= 15 is 0 Å². The fourth-order valence-corrected chi connectivity index (χ4v) is 2.23. The van der Waals surface area contributed by atoms with E-state index in [-0.39, 0.29) is 12.1 Å². The molecule has 6 heteroatoms. The summed E-state index contributed by atoms with van der Waals surface area (Å²) >= 11 is 12.1. The third-order valence-electron chi connectivity index (χ3n) is 2.83. The summed E-state index contributed by atoms with van der Waals surface area (Å²) in [5.41, 5.74) is 1.21. The van der Waals surface area contributed by atoms with Crippen molar-refractivity contribution in [2.75, 3.05) is 0 Å². The lowest BCUT2D eigenvalue weighted by molar-refractivity contribution is -0.117. The molecule has 22 heavy (non-hydrogen) atoms.